The Bertz CT molecular complexity index is 1120. The third kappa shape index (κ3) is 5.15. The molecule has 2 aromatic carbocycles. The number of hydrogen-bond donors (Lipinski definition) is 2. The summed E-state index contributed by atoms with van der Waals surface area (Å²) in [6, 6.07) is 15.2. The fraction of sp³-hybridized carbons (Fsp3) is 0.261. The molecular weight excluding hydrogens is 448 g/mol. The van der Waals surface area contributed by atoms with Gasteiger partial charge in [0, 0.05) is 23.8 Å². The molecule has 0 saturated carbocycles. The number of thioether (sulfide) groups is 1. The third-order valence-electron chi connectivity index (χ3n) is 5.28. The molecule has 0 fully saturated rings. The number of aliphatic hydroxyl groups is 1. The fourth-order valence-electron chi connectivity index (χ4n) is 3.61. The summed E-state index contributed by atoms with van der Waals surface area (Å²) >= 11 is 7.15. The van der Waals surface area contributed by atoms with Crippen molar-refractivity contribution < 1.29 is 14.7 Å². The number of amides is 2. The van der Waals surface area contributed by atoms with Crippen LogP contribution in [0.4, 0.5) is 5.69 Å². The highest BCUT2D eigenvalue weighted by molar-refractivity contribution is 7.99. The van der Waals surface area contributed by atoms with Gasteiger partial charge in [-0.25, -0.2) is 4.98 Å². The van der Waals surface area contributed by atoms with Crippen molar-refractivity contribution in [3.63, 3.8) is 0 Å². The number of aliphatic hydroxyl groups excluding tert-OH is 1. The summed E-state index contributed by atoms with van der Waals surface area (Å²) in [5, 5.41) is 13.7. The van der Waals surface area contributed by atoms with E-state index in [-0.39, 0.29) is 30.7 Å². The SMILES string of the molecule is O=C(Cn1c(CO)cnc1SCC(=O)N1CCc2ccccc21)NCc1ccc(Cl)cc1. The molecule has 2 amide bonds. The number of carbonyl (C=O) groups is 2. The van der Waals surface area contributed by atoms with Gasteiger partial charge >= 0.3 is 0 Å². The number of hydrogen-bond acceptors (Lipinski definition) is 5. The number of rotatable bonds is 8. The summed E-state index contributed by atoms with van der Waals surface area (Å²) in [6.45, 7) is 0.800. The molecule has 166 valence electrons. The van der Waals surface area contributed by atoms with Gasteiger partial charge in [0.15, 0.2) is 5.16 Å². The van der Waals surface area contributed by atoms with Gasteiger partial charge in [0.05, 0.1) is 24.3 Å². The lowest BCUT2D eigenvalue weighted by Gasteiger charge is -2.17. The minimum atomic E-state index is -0.245. The molecule has 32 heavy (non-hydrogen) atoms. The van der Waals surface area contributed by atoms with Crippen molar-refractivity contribution >= 4 is 40.9 Å². The number of carbonyl (C=O) groups excluding carboxylic acids is 2. The standard InChI is InChI=1S/C23H23ClN4O3S/c24-18-7-5-16(6-8-18)11-25-21(30)13-28-19(14-29)12-26-23(28)32-15-22(31)27-10-9-17-3-1-2-4-20(17)27/h1-8,12,29H,9-11,13-15H2,(H,25,30). The van der Waals surface area contributed by atoms with Crippen LogP contribution >= 0.6 is 23.4 Å². The molecule has 2 heterocycles. The van der Waals surface area contributed by atoms with Crippen LogP contribution in [-0.2, 0) is 35.7 Å². The van der Waals surface area contributed by atoms with E-state index in [2.05, 4.69) is 10.3 Å². The molecule has 3 aromatic rings. The number of halogens is 1. The van der Waals surface area contributed by atoms with Gasteiger partial charge in [-0.3, -0.25) is 9.59 Å². The highest BCUT2D eigenvalue weighted by atomic mass is 35.5. The summed E-state index contributed by atoms with van der Waals surface area (Å²) in [6.07, 6.45) is 2.38. The number of aromatic nitrogens is 2. The molecule has 0 aliphatic carbocycles. The van der Waals surface area contributed by atoms with E-state index in [0.717, 1.165) is 17.7 Å². The number of nitrogens with one attached hydrogen (secondary N) is 1. The third-order valence-corrected chi connectivity index (χ3v) is 6.51. The molecule has 7 nitrogen and oxygen atoms in total. The zero-order chi connectivity index (χ0) is 22.5. The van der Waals surface area contributed by atoms with Crippen LogP contribution in [0.25, 0.3) is 0 Å². The number of para-hydroxylation sites is 1. The van der Waals surface area contributed by atoms with E-state index in [1.165, 1.54) is 23.5 Å². The van der Waals surface area contributed by atoms with Crippen LogP contribution in [0.5, 0.6) is 0 Å². The van der Waals surface area contributed by atoms with E-state index < -0.39 is 0 Å². The van der Waals surface area contributed by atoms with Crippen molar-refractivity contribution in [2.24, 2.45) is 0 Å². The second-order valence-electron chi connectivity index (χ2n) is 7.39. The first-order valence-electron chi connectivity index (χ1n) is 10.2. The van der Waals surface area contributed by atoms with E-state index in [1.807, 2.05) is 36.4 Å². The molecule has 0 spiro atoms. The number of benzene rings is 2. The van der Waals surface area contributed by atoms with Crippen LogP contribution in [0.2, 0.25) is 5.02 Å². The smallest absolute Gasteiger partial charge is 0.240 e. The molecule has 4 rings (SSSR count). The van der Waals surface area contributed by atoms with Crippen molar-refractivity contribution in [2.45, 2.75) is 31.3 Å². The van der Waals surface area contributed by atoms with E-state index in [1.54, 1.807) is 21.6 Å². The Kier molecular flexibility index (Phi) is 7.14. The summed E-state index contributed by atoms with van der Waals surface area (Å²) in [5.41, 5.74) is 3.58. The molecule has 1 aromatic heterocycles. The Morgan fingerprint density at radius 1 is 1.16 bits per heavy atom. The van der Waals surface area contributed by atoms with Gasteiger partial charge in [-0.2, -0.15) is 0 Å². The van der Waals surface area contributed by atoms with Crippen molar-refractivity contribution in [2.75, 3.05) is 17.2 Å². The van der Waals surface area contributed by atoms with Crippen LogP contribution in [0.1, 0.15) is 16.8 Å². The molecular formula is C23H23ClN4O3S. The highest BCUT2D eigenvalue weighted by Gasteiger charge is 2.24. The van der Waals surface area contributed by atoms with Crippen LogP contribution in [-0.4, -0.2) is 38.8 Å². The molecule has 0 bridgehead atoms. The molecule has 0 atom stereocenters. The maximum Gasteiger partial charge on any atom is 0.240 e. The average molecular weight is 471 g/mol. The van der Waals surface area contributed by atoms with Gasteiger partial charge in [0.2, 0.25) is 11.8 Å². The zero-order valence-corrected chi connectivity index (χ0v) is 18.9. The van der Waals surface area contributed by atoms with E-state index in [9.17, 15) is 14.7 Å². The Hall–Kier alpha value is -2.81. The molecule has 1 aliphatic heterocycles. The first kappa shape index (κ1) is 22.4. The highest BCUT2D eigenvalue weighted by Crippen LogP contribution is 2.29. The average Bonchev–Trinajstić information content (AvgIpc) is 3.41. The zero-order valence-electron chi connectivity index (χ0n) is 17.3. The lowest BCUT2D eigenvalue weighted by atomic mass is 10.2. The van der Waals surface area contributed by atoms with Gasteiger partial charge in [-0.05, 0) is 35.7 Å². The second kappa shape index (κ2) is 10.2. The van der Waals surface area contributed by atoms with Gasteiger partial charge in [-0.1, -0.05) is 53.7 Å². The van der Waals surface area contributed by atoms with E-state index >= 15 is 0 Å². The summed E-state index contributed by atoms with van der Waals surface area (Å²) in [7, 11) is 0. The molecule has 9 heteroatoms. The first-order valence-corrected chi connectivity index (χ1v) is 11.6. The monoisotopic (exact) mass is 470 g/mol. The van der Waals surface area contributed by atoms with Crippen LogP contribution < -0.4 is 10.2 Å². The summed E-state index contributed by atoms with van der Waals surface area (Å²) < 4.78 is 1.65. The number of anilines is 1. The normalized spacial score (nSPS) is 12.6. The van der Waals surface area contributed by atoms with Gasteiger partial charge in [0.25, 0.3) is 0 Å². The lowest BCUT2D eigenvalue weighted by molar-refractivity contribution is -0.122. The van der Waals surface area contributed by atoms with Crippen molar-refractivity contribution in [1.29, 1.82) is 0 Å². The first-order chi connectivity index (χ1) is 15.5. The molecule has 0 radical (unpaired) electrons. The van der Waals surface area contributed by atoms with E-state index in [4.69, 9.17) is 11.6 Å². The predicted octanol–water partition coefficient (Wildman–Crippen LogP) is 3.03. The summed E-state index contributed by atoms with van der Waals surface area (Å²) in [5.74, 6) is -0.0238. The molecule has 1 aliphatic rings. The quantitative estimate of drug-likeness (QED) is 0.494. The fourth-order valence-corrected chi connectivity index (χ4v) is 4.61. The second-order valence-corrected chi connectivity index (χ2v) is 8.77. The Morgan fingerprint density at radius 2 is 1.94 bits per heavy atom. The van der Waals surface area contributed by atoms with Crippen molar-refractivity contribution in [1.82, 2.24) is 14.9 Å². The number of fused-ring (bicyclic) bond motifs is 1. The Balaban J connectivity index is 1.37. The van der Waals surface area contributed by atoms with E-state index in [0.29, 0.717) is 29.0 Å². The number of nitrogens with zero attached hydrogens (tertiary/aromatic N) is 3. The van der Waals surface area contributed by atoms with Crippen LogP contribution in [0.15, 0.2) is 59.9 Å². The maximum atomic E-state index is 12.8. The van der Waals surface area contributed by atoms with Crippen molar-refractivity contribution in [3.05, 3.63) is 76.6 Å². The Morgan fingerprint density at radius 3 is 2.72 bits per heavy atom. The minimum Gasteiger partial charge on any atom is -0.390 e. The van der Waals surface area contributed by atoms with Crippen LogP contribution in [0.3, 0.4) is 0 Å². The van der Waals surface area contributed by atoms with Crippen LogP contribution in [0, 0.1) is 0 Å². The largest absolute Gasteiger partial charge is 0.390 e. The van der Waals surface area contributed by atoms with Gasteiger partial charge < -0.3 is 19.9 Å². The molecule has 0 saturated heterocycles. The Labute approximate surface area is 195 Å². The maximum absolute atomic E-state index is 12.8. The van der Waals surface area contributed by atoms with Gasteiger partial charge in [-0.15, -0.1) is 0 Å². The molecule has 2 N–H and O–H groups in total. The van der Waals surface area contributed by atoms with Gasteiger partial charge in [0.1, 0.15) is 6.54 Å². The number of imidazole rings is 1. The predicted molar refractivity (Wildman–Crippen MR) is 125 cm³/mol. The topological polar surface area (TPSA) is 87.5 Å². The summed E-state index contributed by atoms with van der Waals surface area (Å²) in [4.78, 5) is 31.4. The lowest BCUT2D eigenvalue weighted by Crippen LogP contribution is -2.31. The molecule has 0 unspecified atom stereocenters. The van der Waals surface area contributed by atoms with Crippen molar-refractivity contribution in [3.8, 4) is 0 Å². The minimum absolute atomic E-state index is 0.00650.